The SMILES string of the molecule is CC1CCC(OC(=O)C(C)C(C(=O)O)=C(C(=O)O)C(C)C(=O)OC2CCC(C)CC2)CC1. The Labute approximate surface area is 189 Å². The number of carboxylic acids is 2. The highest BCUT2D eigenvalue weighted by Crippen LogP contribution is 2.30. The average molecular weight is 453 g/mol. The Morgan fingerprint density at radius 2 is 0.906 bits per heavy atom. The van der Waals surface area contributed by atoms with E-state index in [2.05, 4.69) is 13.8 Å². The molecular formula is C24H36O8. The van der Waals surface area contributed by atoms with Gasteiger partial charge in [0.25, 0.3) is 0 Å². The summed E-state index contributed by atoms with van der Waals surface area (Å²) in [7, 11) is 0. The number of carboxylic acid groups (broad SMARTS) is 2. The highest BCUT2D eigenvalue weighted by Gasteiger charge is 2.38. The monoisotopic (exact) mass is 452 g/mol. The van der Waals surface area contributed by atoms with Gasteiger partial charge in [0.1, 0.15) is 12.2 Å². The summed E-state index contributed by atoms with van der Waals surface area (Å²) in [6, 6.07) is 0. The second-order valence-electron chi connectivity index (χ2n) is 9.52. The van der Waals surface area contributed by atoms with Gasteiger partial charge in [-0.3, -0.25) is 9.59 Å². The molecule has 0 aromatic carbocycles. The molecule has 2 fully saturated rings. The van der Waals surface area contributed by atoms with Crippen molar-refractivity contribution < 1.29 is 38.9 Å². The summed E-state index contributed by atoms with van der Waals surface area (Å²) in [5.74, 6) is -6.26. The first kappa shape index (κ1) is 25.9. The van der Waals surface area contributed by atoms with Crippen LogP contribution >= 0.6 is 0 Å². The van der Waals surface area contributed by atoms with Gasteiger partial charge in [-0.1, -0.05) is 13.8 Å². The first-order valence-electron chi connectivity index (χ1n) is 11.6. The largest absolute Gasteiger partial charge is 0.478 e. The van der Waals surface area contributed by atoms with Crippen molar-refractivity contribution in [1.82, 2.24) is 0 Å². The van der Waals surface area contributed by atoms with Gasteiger partial charge in [0.2, 0.25) is 0 Å². The molecule has 2 aliphatic carbocycles. The Morgan fingerprint density at radius 3 is 1.16 bits per heavy atom. The van der Waals surface area contributed by atoms with Crippen LogP contribution in [-0.2, 0) is 28.7 Å². The van der Waals surface area contributed by atoms with Crippen LogP contribution in [0.1, 0.15) is 79.1 Å². The van der Waals surface area contributed by atoms with Crippen molar-refractivity contribution in [2.75, 3.05) is 0 Å². The van der Waals surface area contributed by atoms with Gasteiger partial charge in [-0.25, -0.2) is 9.59 Å². The van der Waals surface area contributed by atoms with E-state index in [1.807, 2.05) is 0 Å². The van der Waals surface area contributed by atoms with Gasteiger partial charge in [-0.15, -0.1) is 0 Å². The quantitative estimate of drug-likeness (QED) is 0.418. The van der Waals surface area contributed by atoms with Crippen molar-refractivity contribution in [1.29, 1.82) is 0 Å². The van der Waals surface area contributed by atoms with Gasteiger partial charge >= 0.3 is 23.9 Å². The maximum atomic E-state index is 12.7. The third-order valence-electron chi connectivity index (χ3n) is 6.82. The smallest absolute Gasteiger partial charge is 0.333 e. The molecule has 0 heterocycles. The van der Waals surface area contributed by atoms with Crippen LogP contribution in [0, 0.1) is 23.7 Å². The van der Waals surface area contributed by atoms with Crippen LogP contribution in [0.4, 0.5) is 0 Å². The van der Waals surface area contributed by atoms with Crippen molar-refractivity contribution in [3.05, 3.63) is 11.1 Å². The fourth-order valence-corrected chi connectivity index (χ4v) is 4.53. The minimum atomic E-state index is -1.56. The van der Waals surface area contributed by atoms with E-state index in [-0.39, 0.29) is 12.2 Å². The van der Waals surface area contributed by atoms with Gasteiger partial charge in [0.15, 0.2) is 0 Å². The zero-order valence-electron chi connectivity index (χ0n) is 19.5. The molecule has 2 rings (SSSR count). The summed E-state index contributed by atoms with van der Waals surface area (Å²) < 4.78 is 11.0. The minimum absolute atomic E-state index is 0.305. The lowest BCUT2D eigenvalue weighted by Crippen LogP contribution is -2.33. The first-order chi connectivity index (χ1) is 15.0. The lowest BCUT2D eigenvalue weighted by atomic mass is 9.87. The second-order valence-corrected chi connectivity index (χ2v) is 9.52. The lowest BCUT2D eigenvalue weighted by Gasteiger charge is -2.28. The van der Waals surface area contributed by atoms with E-state index >= 15 is 0 Å². The number of ether oxygens (including phenoxy) is 2. The summed E-state index contributed by atoms with van der Waals surface area (Å²) >= 11 is 0. The zero-order valence-corrected chi connectivity index (χ0v) is 19.5. The highest BCUT2D eigenvalue weighted by molar-refractivity contribution is 6.05. The third-order valence-corrected chi connectivity index (χ3v) is 6.82. The standard InChI is InChI=1S/C24H36O8/c1-13-5-9-17(10-6-13)31-23(29)15(3)19(21(25)26)20(22(27)28)16(4)24(30)32-18-11-7-14(2)8-12-18/h13-18H,5-12H2,1-4H3,(H,25,26)(H,27,28). The molecule has 2 saturated carbocycles. The van der Waals surface area contributed by atoms with Gasteiger partial charge in [-0.05, 0) is 77.0 Å². The highest BCUT2D eigenvalue weighted by atomic mass is 16.5. The van der Waals surface area contributed by atoms with E-state index in [9.17, 15) is 29.4 Å². The molecule has 8 heteroatoms. The van der Waals surface area contributed by atoms with Crippen LogP contribution in [0.5, 0.6) is 0 Å². The van der Waals surface area contributed by atoms with Crippen LogP contribution in [0.3, 0.4) is 0 Å². The maximum Gasteiger partial charge on any atom is 0.333 e. The Morgan fingerprint density at radius 1 is 0.625 bits per heavy atom. The number of aliphatic carboxylic acids is 2. The topological polar surface area (TPSA) is 127 Å². The molecule has 2 aliphatic rings. The number of hydrogen-bond donors (Lipinski definition) is 2. The van der Waals surface area contributed by atoms with Crippen molar-refractivity contribution in [2.24, 2.45) is 23.7 Å². The molecule has 0 spiro atoms. The van der Waals surface area contributed by atoms with Crippen LogP contribution in [-0.4, -0.2) is 46.3 Å². The number of carbonyl (C=O) groups excluding carboxylic acids is 2. The van der Waals surface area contributed by atoms with Gasteiger partial charge < -0.3 is 19.7 Å². The number of carbonyl (C=O) groups is 4. The first-order valence-corrected chi connectivity index (χ1v) is 11.6. The zero-order chi connectivity index (χ0) is 24.0. The Hall–Kier alpha value is -2.38. The van der Waals surface area contributed by atoms with E-state index in [0.717, 1.165) is 25.7 Å². The van der Waals surface area contributed by atoms with E-state index in [1.54, 1.807) is 0 Å². The summed E-state index contributed by atoms with van der Waals surface area (Å²) in [5, 5.41) is 19.5. The molecule has 180 valence electrons. The molecule has 2 atom stereocenters. The van der Waals surface area contributed by atoms with Crippen LogP contribution in [0.25, 0.3) is 0 Å². The number of hydrogen-bond acceptors (Lipinski definition) is 6. The summed E-state index contributed by atoms with van der Waals surface area (Å²) in [4.78, 5) is 49.4. The summed E-state index contributed by atoms with van der Waals surface area (Å²) in [5.41, 5.74) is -1.26. The van der Waals surface area contributed by atoms with Crippen LogP contribution < -0.4 is 0 Å². The van der Waals surface area contributed by atoms with E-state index in [4.69, 9.17) is 9.47 Å². The lowest BCUT2D eigenvalue weighted by molar-refractivity contribution is -0.157. The van der Waals surface area contributed by atoms with E-state index in [1.165, 1.54) is 13.8 Å². The maximum absolute atomic E-state index is 12.7. The molecular weight excluding hydrogens is 416 g/mol. The van der Waals surface area contributed by atoms with Crippen LogP contribution in [0.2, 0.25) is 0 Å². The van der Waals surface area contributed by atoms with Crippen molar-refractivity contribution in [3.8, 4) is 0 Å². The average Bonchev–Trinajstić information content (AvgIpc) is 2.73. The molecule has 0 saturated heterocycles. The number of esters is 2. The van der Waals surface area contributed by atoms with Gasteiger partial charge in [0, 0.05) is 0 Å². The normalized spacial score (nSPS) is 28.6. The predicted octanol–water partition coefficient (Wildman–Crippen LogP) is 3.97. The summed E-state index contributed by atoms with van der Waals surface area (Å²) in [6.45, 7) is 6.86. The predicted molar refractivity (Wildman–Crippen MR) is 116 cm³/mol. The van der Waals surface area contributed by atoms with E-state index < -0.39 is 46.9 Å². The van der Waals surface area contributed by atoms with Crippen molar-refractivity contribution in [3.63, 3.8) is 0 Å². The molecule has 0 aromatic rings. The van der Waals surface area contributed by atoms with Gasteiger partial charge in [-0.2, -0.15) is 0 Å². The second kappa shape index (κ2) is 11.5. The fraction of sp³-hybridized carbons (Fsp3) is 0.750. The molecule has 0 amide bonds. The Bertz CT molecular complexity index is 677. The molecule has 2 unspecified atom stereocenters. The molecule has 32 heavy (non-hydrogen) atoms. The van der Waals surface area contributed by atoms with E-state index in [0.29, 0.717) is 37.5 Å². The Balaban J connectivity index is 2.19. The third kappa shape index (κ3) is 6.81. The Kier molecular flexibility index (Phi) is 9.28. The molecule has 2 N–H and O–H groups in total. The van der Waals surface area contributed by atoms with Crippen molar-refractivity contribution >= 4 is 23.9 Å². The van der Waals surface area contributed by atoms with Crippen molar-refractivity contribution in [2.45, 2.75) is 91.3 Å². The van der Waals surface area contributed by atoms with Gasteiger partial charge in [0.05, 0.1) is 23.0 Å². The minimum Gasteiger partial charge on any atom is -0.478 e. The molecule has 8 nitrogen and oxygen atoms in total. The fourth-order valence-electron chi connectivity index (χ4n) is 4.53. The number of rotatable bonds is 8. The summed E-state index contributed by atoms with van der Waals surface area (Å²) in [6.07, 6.45) is 5.82. The molecule has 0 aliphatic heterocycles. The molecule has 0 bridgehead atoms. The molecule has 0 aromatic heterocycles. The van der Waals surface area contributed by atoms with Crippen LogP contribution in [0.15, 0.2) is 11.1 Å². The molecule has 0 radical (unpaired) electrons.